The lowest BCUT2D eigenvalue weighted by atomic mass is 10.1. The monoisotopic (exact) mass is 440 g/mol. The van der Waals surface area contributed by atoms with Crippen LogP contribution in [0, 0.1) is 0 Å². The summed E-state index contributed by atoms with van der Waals surface area (Å²) < 4.78 is 5.52. The lowest BCUT2D eigenvalue weighted by molar-refractivity contribution is 0.122. The third-order valence-corrected chi connectivity index (χ3v) is 6.06. The van der Waals surface area contributed by atoms with Crippen molar-refractivity contribution in [1.82, 2.24) is 15.3 Å². The minimum absolute atomic E-state index is 0.0914. The fourth-order valence-electron chi connectivity index (χ4n) is 4.05. The van der Waals surface area contributed by atoms with E-state index in [1.165, 1.54) is 31.2 Å². The number of ether oxygens (including phenoxy) is 1. The second kappa shape index (κ2) is 10.7. The van der Waals surface area contributed by atoms with Gasteiger partial charge in [-0.05, 0) is 37.5 Å². The van der Waals surface area contributed by atoms with Crippen molar-refractivity contribution in [3.8, 4) is 0 Å². The molecule has 2 aliphatic heterocycles. The summed E-state index contributed by atoms with van der Waals surface area (Å²) in [6, 6.07) is 12.5. The van der Waals surface area contributed by atoms with Crippen molar-refractivity contribution in [2.24, 2.45) is 0 Å². The first kappa shape index (κ1) is 21.8. The molecule has 0 unspecified atom stereocenters. The Morgan fingerprint density at radius 2 is 1.55 bits per heavy atom. The summed E-state index contributed by atoms with van der Waals surface area (Å²) in [5, 5.41) is 7.10. The van der Waals surface area contributed by atoms with Gasteiger partial charge in [0.25, 0.3) is 0 Å². The Bertz CT molecular complexity index is 850. The molecule has 1 aromatic heterocycles. The number of nitrogens with zero attached hydrogens (tertiary/aromatic N) is 4. The maximum Gasteiger partial charge on any atom is 0.232 e. The first-order valence-electron chi connectivity index (χ1n) is 11.3. The summed E-state index contributed by atoms with van der Waals surface area (Å²) >= 11 is 5.58. The lowest BCUT2D eigenvalue weighted by Crippen LogP contribution is -2.37. The molecule has 2 aliphatic rings. The molecule has 166 valence electrons. The molecule has 7 nitrogen and oxygen atoms in total. The molecule has 31 heavy (non-hydrogen) atoms. The smallest absolute Gasteiger partial charge is 0.232 e. The van der Waals surface area contributed by atoms with Crippen LogP contribution < -0.4 is 20.4 Å². The summed E-state index contributed by atoms with van der Waals surface area (Å²) in [5.41, 5.74) is 1.18. The van der Waals surface area contributed by atoms with E-state index in [-0.39, 0.29) is 6.04 Å². The van der Waals surface area contributed by atoms with Gasteiger partial charge in [-0.3, -0.25) is 0 Å². The first-order chi connectivity index (χ1) is 15.2. The second-order valence-electron chi connectivity index (χ2n) is 8.14. The number of nitrogens with one attached hydrogen (secondary N) is 2. The van der Waals surface area contributed by atoms with Crippen LogP contribution in [0.25, 0.3) is 0 Å². The minimum Gasteiger partial charge on any atom is -0.378 e. The van der Waals surface area contributed by atoms with Gasteiger partial charge < -0.3 is 25.2 Å². The Balaban J connectivity index is 1.52. The minimum atomic E-state index is 0.0914. The molecular formula is C23H32N6OS. The maximum absolute atomic E-state index is 5.58. The van der Waals surface area contributed by atoms with E-state index in [0.29, 0.717) is 11.1 Å². The Labute approximate surface area is 190 Å². The number of benzene rings is 1. The summed E-state index contributed by atoms with van der Waals surface area (Å²) in [7, 11) is 0. The number of rotatable bonds is 5. The molecule has 1 atom stereocenters. The molecule has 8 heteroatoms. The average molecular weight is 441 g/mol. The van der Waals surface area contributed by atoms with Gasteiger partial charge in [-0.1, -0.05) is 43.2 Å². The Hall–Kier alpha value is -2.45. The first-order valence-corrected chi connectivity index (χ1v) is 11.7. The highest BCUT2D eigenvalue weighted by molar-refractivity contribution is 7.80. The molecule has 1 aromatic carbocycles. The molecule has 0 amide bonds. The van der Waals surface area contributed by atoms with Gasteiger partial charge in [-0.15, -0.1) is 0 Å². The van der Waals surface area contributed by atoms with Crippen molar-refractivity contribution in [3.63, 3.8) is 0 Å². The van der Waals surface area contributed by atoms with Gasteiger partial charge >= 0.3 is 0 Å². The van der Waals surface area contributed by atoms with E-state index >= 15 is 0 Å². The molecule has 4 rings (SSSR count). The Kier molecular flexibility index (Phi) is 7.53. The van der Waals surface area contributed by atoms with Crippen LogP contribution in [0.1, 0.15) is 44.2 Å². The van der Waals surface area contributed by atoms with E-state index in [1.807, 2.05) is 18.2 Å². The number of hydrogen-bond acceptors (Lipinski definition) is 6. The Morgan fingerprint density at radius 1 is 0.935 bits per heavy atom. The van der Waals surface area contributed by atoms with Gasteiger partial charge in [0.1, 0.15) is 11.6 Å². The van der Waals surface area contributed by atoms with Crippen LogP contribution in [0.4, 0.5) is 17.6 Å². The van der Waals surface area contributed by atoms with Crippen LogP contribution in [0.3, 0.4) is 0 Å². The van der Waals surface area contributed by atoms with Crippen molar-refractivity contribution in [3.05, 3.63) is 42.0 Å². The van der Waals surface area contributed by atoms with E-state index in [4.69, 9.17) is 26.9 Å². The standard InChI is InChI=1S/C23H32N6OS/c1-18(19-9-5-4-6-10-19)24-23(31)27-22-25-20(28-11-7-2-3-8-12-28)17-21(26-22)29-13-15-30-16-14-29/h4-6,9-10,17-18H,2-3,7-8,11-16H2,1H3,(H2,24,25,26,27,31)/t18-/m1/s1. The SMILES string of the molecule is C[C@@H](NC(=S)Nc1nc(N2CCCCCC2)cc(N2CCOCC2)n1)c1ccccc1. The maximum atomic E-state index is 5.58. The molecule has 2 aromatic rings. The van der Waals surface area contributed by atoms with Crippen molar-refractivity contribution in [2.75, 3.05) is 54.5 Å². The zero-order chi connectivity index (χ0) is 21.5. The largest absolute Gasteiger partial charge is 0.378 e. The molecule has 0 bridgehead atoms. The zero-order valence-corrected chi connectivity index (χ0v) is 19.0. The topological polar surface area (TPSA) is 65.6 Å². The third kappa shape index (κ3) is 6.04. The molecule has 0 aliphatic carbocycles. The van der Waals surface area contributed by atoms with Crippen LogP contribution in [0.2, 0.25) is 0 Å². The van der Waals surface area contributed by atoms with Crippen molar-refractivity contribution in [2.45, 2.75) is 38.6 Å². The van der Waals surface area contributed by atoms with Gasteiger partial charge in [-0.25, -0.2) is 0 Å². The number of morpholine rings is 1. The number of aromatic nitrogens is 2. The second-order valence-corrected chi connectivity index (χ2v) is 8.55. The van der Waals surface area contributed by atoms with Crippen LogP contribution >= 0.6 is 12.2 Å². The van der Waals surface area contributed by atoms with Crippen LogP contribution in [-0.4, -0.2) is 54.5 Å². The zero-order valence-electron chi connectivity index (χ0n) is 18.2. The average Bonchev–Trinajstić information content (AvgIpc) is 3.10. The van der Waals surface area contributed by atoms with Crippen LogP contribution in [0.15, 0.2) is 36.4 Å². The predicted octanol–water partition coefficient (Wildman–Crippen LogP) is 3.74. The van der Waals surface area contributed by atoms with Crippen molar-refractivity contribution in [1.29, 1.82) is 0 Å². The number of thiocarbonyl (C=S) groups is 1. The van der Waals surface area contributed by atoms with E-state index in [0.717, 1.165) is 51.0 Å². The van der Waals surface area contributed by atoms with Gasteiger partial charge in [-0.2, -0.15) is 9.97 Å². The number of anilines is 3. The van der Waals surface area contributed by atoms with Crippen LogP contribution in [0.5, 0.6) is 0 Å². The van der Waals surface area contributed by atoms with Crippen LogP contribution in [-0.2, 0) is 4.74 Å². The molecule has 2 saturated heterocycles. The molecule has 3 heterocycles. The molecular weight excluding hydrogens is 408 g/mol. The van der Waals surface area contributed by atoms with E-state index in [2.05, 4.69) is 45.6 Å². The Morgan fingerprint density at radius 3 is 2.19 bits per heavy atom. The third-order valence-electron chi connectivity index (χ3n) is 5.84. The summed E-state index contributed by atoms with van der Waals surface area (Å²) in [6.45, 7) is 7.28. The van der Waals surface area contributed by atoms with E-state index < -0.39 is 0 Å². The van der Waals surface area contributed by atoms with Crippen molar-refractivity contribution < 1.29 is 4.74 Å². The van der Waals surface area contributed by atoms with E-state index in [1.54, 1.807) is 0 Å². The fraction of sp³-hybridized carbons (Fsp3) is 0.522. The fourth-order valence-corrected chi connectivity index (χ4v) is 4.32. The molecule has 2 fully saturated rings. The van der Waals surface area contributed by atoms with Crippen molar-refractivity contribution >= 4 is 34.9 Å². The highest BCUT2D eigenvalue weighted by Gasteiger charge is 2.19. The van der Waals surface area contributed by atoms with E-state index in [9.17, 15) is 0 Å². The molecule has 2 N–H and O–H groups in total. The highest BCUT2D eigenvalue weighted by atomic mass is 32.1. The molecule has 0 saturated carbocycles. The lowest BCUT2D eigenvalue weighted by Gasteiger charge is -2.30. The van der Waals surface area contributed by atoms with Gasteiger partial charge in [0.05, 0.1) is 19.3 Å². The highest BCUT2D eigenvalue weighted by Crippen LogP contribution is 2.24. The normalized spacial score (nSPS) is 18.2. The van der Waals surface area contributed by atoms with Gasteiger partial charge in [0, 0.05) is 32.2 Å². The summed E-state index contributed by atoms with van der Waals surface area (Å²) in [6.07, 6.45) is 4.98. The predicted molar refractivity (Wildman–Crippen MR) is 130 cm³/mol. The quantitative estimate of drug-likeness (QED) is 0.682. The molecule has 0 radical (unpaired) electrons. The summed E-state index contributed by atoms with van der Waals surface area (Å²) in [4.78, 5) is 14.3. The van der Waals surface area contributed by atoms with Gasteiger partial charge in [0.2, 0.25) is 5.95 Å². The molecule has 0 spiro atoms. The van der Waals surface area contributed by atoms with Gasteiger partial charge in [0.15, 0.2) is 5.11 Å². The summed E-state index contributed by atoms with van der Waals surface area (Å²) in [5.74, 6) is 2.44. The number of hydrogen-bond donors (Lipinski definition) is 2.